The van der Waals surface area contributed by atoms with Crippen molar-refractivity contribution in [3.8, 4) is 0 Å². The summed E-state index contributed by atoms with van der Waals surface area (Å²) in [6.45, 7) is 0. The number of nitrogens with zero attached hydrogens (tertiary/aromatic N) is 1. The van der Waals surface area contributed by atoms with Gasteiger partial charge in [-0.25, -0.2) is 0 Å². The molecule has 0 aliphatic carbocycles. The van der Waals surface area contributed by atoms with Crippen molar-refractivity contribution in [2.75, 3.05) is 13.0 Å². The lowest BCUT2D eigenvalue weighted by atomic mass is 10.2. The van der Waals surface area contributed by atoms with Gasteiger partial charge in [-0.15, -0.1) is 0 Å². The van der Waals surface area contributed by atoms with Gasteiger partial charge < -0.3 is 16.2 Å². The first-order chi connectivity index (χ1) is 6.04. The molecule has 0 aromatic carbocycles. The normalized spacial score (nSPS) is 27.0. The van der Waals surface area contributed by atoms with Crippen LogP contribution in [0.3, 0.4) is 0 Å². The summed E-state index contributed by atoms with van der Waals surface area (Å²) in [5.41, 5.74) is 10.00. The van der Waals surface area contributed by atoms with Crippen LogP contribution < -0.4 is 11.5 Å². The molecule has 1 aliphatic rings. The van der Waals surface area contributed by atoms with Crippen LogP contribution in [0.25, 0.3) is 0 Å². The first kappa shape index (κ1) is 10.0. The Kier molecular flexibility index (Phi) is 2.58. The van der Waals surface area contributed by atoms with E-state index in [-0.39, 0.29) is 11.6 Å². The van der Waals surface area contributed by atoms with Gasteiger partial charge in [-0.05, 0) is 0 Å². The molecular formula is C6H9N3O3S. The van der Waals surface area contributed by atoms with E-state index in [1.165, 1.54) is 7.11 Å². The molecule has 13 heavy (non-hydrogen) atoms. The highest BCUT2D eigenvalue weighted by Crippen LogP contribution is 2.33. The van der Waals surface area contributed by atoms with Crippen molar-refractivity contribution in [2.24, 2.45) is 16.5 Å². The first-order valence-electron chi connectivity index (χ1n) is 3.38. The Balaban J connectivity index is 3.08. The molecule has 1 aliphatic heterocycles. The predicted octanol–water partition coefficient (Wildman–Crippen LogP) is -1.55. The van der Waals surface area contributed by atoms with Crippen molar-refractivity contribution >= 4 is 29.3 Å². The van der Waals surface area contributed by atoms with Gasteiger partial charge in [-0.2, -0.15) is 0 Å². The second kappa shape index (κ2) is 3.35. The molecule has 0 saturated heterocycles. The smallest absolute Gasteiger partial charge is 0.267 e. The third-order valence-corrected chi connectivity index (χ3v) is 2.87. The largest absolute Gasteiger partial charge is 0.366 e. The van der Waals surface area contributed by atoms with Crippen LogP contribution in [0.4, 0.5) is 0 Å². The Bertz CT molecular complexity index is 291. The van der Waals surface area contributed by atoms with Gasteiger partial charge in [-0.1, -0.05) is 11.8 Å². The molecule has 4 N–H and O–H groups in total. The average Bonchev–Trinajstić information content (AvgIpc) is 2.48. The zero-order valence-corrected chi connectivity index (χ0v) is 7.76. The van der Waals surface area contributed by atoms with Crippen LogP contribution in [0.1, 0.15) is 0 Å². The number of thioether (sulfide) groups is 1. The highest BCUT2D eigenvalue weighted by molar-refractivity contribution is 8.02. The minimum absolute atomic E-state index is 0.118. The topological polar surface area (TPSA) is 108 Å². The number of primary amides is 2. The van der Waals surface area contributed by atoms with Gasteiger partial charge in [0.1, 0.15) is 0 Å². The highest BCUT2D eigenvalue weighted by atomic mass is 32.2. The van der Waals surface area contributed by atoms with Gasteiger partial charge >= 0.3 is 0 Å². The number of carbonyl (C=O) groups is 2. The molecule has 1 unspecified atom stereocenters. The van der Waals surface area contributed by atoms with E-state index in [0.717, 1.165) is 11.8 Å². The predicted molar refractivity (Wildman–Crippen MR) is 48.0 cm³/mol. The molecule has 6 nitrogen and oxygen atoms in total. The molecule has 72 valence electrons. The van der Waals surface area contributed by atoms with Crippen molar-refractivity contribution in [1.82, 2.24) is 0 Å². The fourth-order valence-electron chi connectivity index (χ4n) is 1.04. The fourth-order valence-corrected chi connectivity index (χ4v) is 1.98. The molecule has 1 rings (SSSR count). The Morgan fingerprint density at radius 3 is 2.54 bits per heavy atom. The summed E-state index contributed by atoms with van der Waals surface area (Å²) >= 11 is 1.03. The lowest BCUT2D eigenvalue weighted by Crippen LogP contribution is -2.52. The molecule has 1 atom stereocenters. The summed E-state index contributed by atoms with van der Waals surface area (Å²) in [5, 5.41) is 0. The molecule has 0 spiro atoms. The van der Waals surface area contributed by atoms with E-state index in [1.54, 1.807) is 0 Å². The molecule has 2 amide bonds. The number of methoxy groups -OCH3 is 1. The molecule has 0 fully saturated rings. The number of amides is 2. The lowest BCUT2D eigenvalue weighted by molar-refractivity contribution is -0.127. The molecular weight excluding hydrogens is 194 g/mol. The number of carbonyl (C=O) groups excluding carboxylic acids is 2. The molecule has 0 aromatic heterocycles. The molecule has 7 heteroatoms. The number of hydrogen-bond donors (Lipinski definition) is 2. The summed E-state index contributed by atoms with van der Waals surface area (Å²) in [6.07, 6.45) is 0. The third kappa shape index (κ3) is 1.40. The zero-order valence-electron chi connectivity index (χ0n) is 6.94. The summed E-state index contributed by atoms with van der Waals surface area (Å²) in [6, 6.07) is 0. The van der Waals surface area contributed by atoms with Gasteiger partial charge in [-0.3, -0.25) is 14.6 Å². The van der Waals surface area contributed by atoms with Gasteiger partial charge in [0.15, 0.2) is 5.71 Å². The second-order valence-corrected chi connectivity index (χ2v) is 3.45. The van der Waals surface area contributed by atoms with E-state index >= 15 is 0 Å². The van der Waals surface area contributed by atoms with Crippen molar-refractivity contribution in [1.29, 1.82) is 0 Å². The number of nitrogens with two attached hydrogens (primary N) is 2. The number of ether oxygens (including phenoxy) is 1. The summed E-state index contributed by atoms with van der Waals surface area (Å²) in [5.74, 6) is -1.31. The van der Waals surface area contributed by atoms with Gasteiger partial charge in [0, 0.05) is 7.11 Å². The van der Waals surface area contributed by atoms with Crippen LogP contribution in [0, 0.1) is 0 Å². The highest BCUT2D eigenvalue weighted by Gasteiger charge is 2.48. The minimum atomic E-state index is -1.49. The van der Waals surface area contributed by atoms with Gasteiger partial charge in [0.2, 0.25) is 4.93 Å². The minimum Gasteiger partial charge on any atom is -0.366 e. The van der Waals surface area contributed by atoms with Crippen LogP contribution in [0.2, 0.25) is 0 Å². The van der Waals surface area contributed by atoms with Gasteiger partial charge in [0.25, 0.3) is 11.8 Å². The van der Waals surface area contributed by atoms with E-state index in [2.05, 4.69) is 4.99 Å². The Morgan fingerprint density at radius 1 is 1.62 bits per heavy atom. The zero-order chi connectivity index (χ0) is 10.1. The second-order valence-electron chi connectivity index (χ2n) is 2.33. The maximum Gasteiger partial charge on any atom is 0.267 e. The van der Waals surface area contributed by atoms with Crippen molar-refractivity contribution in [3.05, 3.63) is 0 Å². The first-order valence-corrected chi connectivity index (χ1v) is 4.37. The Hall–Kier alpha value is -1.08. The van der Waals surface area contributed by atoms with Crippen LogP contribution in [0.15, 0.2) is 4.99 Å². The third-order valence-electron chi connectivity index (χ3n) is 1.65. The fraction of sp³-hybridized carbons (Fsp3) is 0.500. The monoisotopic (exact) mass is 203 g/mol. The summed E-state index contributed by atoms with van der Waals surface area (Å²) in [4.78, 5) is 24.2. The molecule has 0 aromatic rings. The molecule has 0 saturated carbocycles. The maximum atomic E-state index is 11.1. The maximum absolute atomic E-state index is 11.1. The standard InChI is InChI=1S/C6H9N3O3S/c1-12-6(5(8)11)3(4(7)10)9-2-13-6/h2H2,1H3,(H2,7,10)(H2,8,11). The average molecular weight is 203 g/mol. The number of aliphatic imine (C=N–C) groups is 1. The quantitative estimate of drug-likeness (QED) is 0.578. The van der Waals surface area contributed by atoms with Crippen molar-refractivity contribution in [2.45, 2.75) is 4.93 Å². The summed E-state index contributed by atoms with van der Waals surface area (Å²) in [7, 11) is 1.28. The van der Waals surface area contributed by atoms with Crippen LogP contribution in [-0.4, -0.2) is 35.4 Å². The lowest BCUT2D eigenvalue weighted by Gasteiger charge is -2.22. The van der Waals surface area contributed by atoms with E-state index in [0.29, 0.717) is 0 Å². The van der Waals surface area contributed by atoms with Crippen molar-refractivity contribution < 1.29 is 14.3 Å². The van der Waals surface area contributed by atoms with E-state index < -0.39 is 16.7 Å². The van der Waals surface area contributed by atoms with Crippen molar-refractivity contribution in [3.63, 3.8) is 0 Å². The summed E-state index contributed by atoms with van der Waals surface area (Å²) < 4.78 is 4.89. The van der Waals surface area contributed by atoms with Crippen LogP contribution in [0.5, 0.6) is 0 Å². The van der Waals surface area contributed by atoms with E-state index in [1.807, 2.05) is 0 Å². The van der Waals surface area contributed by atoms with E-state index in [9.17, 15) is 9.59 Å². The van der Waals surface area contributed by atoms with Crippen LogP contribution in [-0.2, 0) is 14.3 Å². The van der Waals surface area contributed by atoms with Crippen LogP contribution >= 0.6 is 11.8 Å². The Morgan fingerprint density at radius 2 is 2.23 bits per heavy atom. The Labute approximate surface area is 78.7 Å². The number of hydrogen-bond acceptors (Lipinski definition) is 5. The molecule has 1 heterocycles. The molecule has 0 bridgehead atoms. The van der Waals surface area contributed by atoms with Gasteiger partial charge in [0.05, 0.1) is 5.88 Å². The SMILES string of the molecule is COC1(C(N)=O)SCN=C1C(N)=O. The number of rotatable bonds is 3. The van der Waals surface area contributed by atoms with E-state index in [4.69, 9.17) is 16.2 Å². The molecule has 0 radical (unpaired) electrons.